The molecule has 1 aliphatic rings. The smallest absolute Gasteiger partial charge is 0.416 e. The van der Waals surface area contributed by atoms with Crippen molar-refractivity contribution in [2.75, 3.05) is 7.05 Å². The molecule has 98 valence electrons. The average Bonchev–Trinajstić information content (AvgIpc) is 3.10. The zero-order chi connectivity index (χ0) is 13.3. The van der Waals surface area contributed by atoms with E-state index in [0.29, 0.717) is 0 Å². The van der Waals surface area contributed by atoms with Gasteiger partial charge in [0.15, 0.2) is 0 Å². The van der Waals surface area contributed by atoms with Gasteiger partial charge >= 0.3 is 6.18 Å². The number of rotatable bonds is 3. The highest BCUT2D eigenvalue weighted by Gasteiger charge is 2.33. The molecule has 1 N–H and O–H groups in total. The Morgan fingerprint density at radius 2 is 2.00 bits per heavy atom. The van der Waals surface area contributed by atoms with Crippen LogP contribution in [0.15, 0.2) is 18.2 Å². The van der Waals surface area contributed by atoms with Gasteiger partial charge in [-0.15, -0.1) is 0 Å². The first-order chi connectivity index (χ1) is 8.40. The molecule has 0 aliphatic heterocycles. The van der Waals surface area contributed by atoms with Crippen LogP contribution in [0.4, 0.5) is 13.2 Å². The number of alkyl halides is 3. The maximum atomic E-state index is 12.7. The maximum Gasteiger partial charge on any atom is 0.416 e. The van der Waals surface area contributed by atoms with Gasteiger partial charge in [0, 0.05) is 12.6 Å². The lowest BCUT2D eigenvalue weighted by atomic mass is 10.1. The Labute approximate surface area is 102 Å². The van der Waals surface area contributed by atoms with E-state index < -0.39 is 17.6 Å². The van der Waals surface area contributed by atoms with E-state index in [1.54, 1.807) is 0 Å². The number of carbonyl (C=O) groups is 1. The molecule has 2 rings (SSSR count). The molecule has 1 aliphatic carbocycles. The van der Waals surface area contributed by atoms with E-state index in [1.165, 1.54) is 13.1 Å². The predicted octanol–water partition coefficient (Wildman–Crippen LogP) is 2.61. The van der Waals surface area contributed by atoms with Gasteiger partial charge < -0.3 is 10.1 Å². The first kappa shape index (κ1) is 12.7. The SMILES string of the molecule is CNC(=O)c1cc(OC2CC2)cc(C(F)(F)F)c1. The minimum atomic E-state index is -4.49. The monoisotopic (exact) mass is 259 g/mol. The Hall–Kier alpha value is -1.72. The number of hydrogen-bond donors (Lipinski definition) is 1. The molecule has 0 saturated heterocycles. The summed E-state index contributed by atoms with van der Waals surface area (Å²) >= 11 is 0. The third-order valence-electron chi connectivity index (χ3n) is 2.55. The van der Waals surface area contributed by atoms with Crippen molar-refractivity contribution < 1.29 is 22.7 Å². The average molecular weight is 259 g/mol. The third kappa shape index (κ3) is 2.94. The quantitative estimate of drug-likeness (QED) is 0.906. The molecule has 1 fully saturated rings. The Morgan fingerprint density at radius 1 is 1.33 bits per heavy atom. The molecule has 6 heteroatoms. The molecule has 0 spiro atoms. The number of nitrogens with one attached hydrogen (secondary N) is 1. The predicted molar refractivity (Wildman–Crippen MR) is 58.5 cm³/mol. The van der Waals surface area contributed by atoms with E-state index in [1.807, 2.05) is 0 Å². The molecular weight excluding hydrogens is 247 g/mol. The van der Waals surface area contributed by atoms with Crippen LogP contribution in [0.3, 0.4) is 0 Å². The van der Waals surface area contributed by atoms with Crippen molar-refractivity contribution in [1.29, 1.82) is 0 Å². The van der Waals surface area contributed by atoms with Crippen LogP contribution in [0.5, 0.6) is 5.75 Å². The fourth-order valence-electron chi connectivity index (χ4n) is 1.48. The highest BCUT2D eigenvalue weighted by Crippen LogP contribution is 2.34. The van der Waals surface area contributed by atoms with Crippen molar-refractivity contribution in [3.05, 3.63) is 29.3 Å². The lowest BCUT2D eigenvalue weighted by Gasteiger charge is -2.12. The number of benzene rings is 1. The molecule has 3 nitrogen and oxygen atoms in total. The summed E-state index contributed by atoms with van der Waals surface area (Å²) in [4.78, 5) is 11.4. The molecule has 0 aromatic heterocycles. The normalized spacial score (nSPS) is 15.3. The lowest BCUT2D eigenvalue weighted by Crippen LogP contribution is -2.19. The molecule has 0 radical (unpaired) electrons. The number of ether oxygens (including phenoxy) is 1. The van der Waals surface area contributed by atoms with E-state index in [9.17, 15) is 18.0 Å². The van der Waals surface area contributed by atoms with Crippen molar-refractivity contribution in [2.24, 2.45) is 0 Å². The van der Waals surface area contributed by atoms with Gasteiger partial charge in [0.2, 0.25) is 0 Å². The lowest BCUT2D eigenvalue weighted by molar-refractivity contribution is -0.137. The fraction of sp³-hybridized carbons (Fsp3) is 0.417. The summed E-state index contributed by atoms with van der Waals surface area (Å²) in [5.41, 5.74) is -0.928. The van der Waals surface area contributed by atoms with Gasteiger partial charge in [0.05, 0.1) is 11.7 Å². The van der Waals surface area contributed by atoms with Crippen LogP contribution in [-0.2, 0) is 6.18 Å². The van der Waals surface area contributed by atoms with Crippen LogP contribution in [0.1, 0.15) is 28.8 Å². The van der Waals surface area contributed by atoms with Gasteiger partial charge in [-0.3, -0.25) is 4.79 Å². The van der Waals surface area contributed by atoms with Gasteiger partial charge in [-0.1, -0.05) is 0 Å². The van der Waals surface area contributed by atoms with Crippen molar-refractivity contribution in [3.8, 4) is 5.75 Å². The van der Waals surface area contributed by atoms with Gasteiger partial charge in [-0.25, -0.2) is 0 Å². The fourth-order valence-corrected chi connectivity index (χ4v) is 1.48. The number of amides is 1. The summed E-state index contributed by atoms with van der Waals surface area (Å²) in [7, 11) is 1.37. The van der Waals surface area contributed by atoms with Crippen LogP contribution in [0.2, 0.25) is 0 Å². The summed E-state index contributed by atoms with van der Waals surface area (Å²) in [5, 5.41) is 2.29. The number of hydrogen-bond acceptors (Lipinski definition) is 2. The molecule has 0 bridgehead atoms. The second kappa shape index (κ2) is 4.51. The Bertz CT molecular complexity index is 467. The maximum absolute atomic E-state index is 12.7. The Morgan fingerprint density at radius 3 is 2.50 bits per heavy atom. The van der Waals surface area contributed by atoms with Crippen LogP contribution < -0.4 is 10.1 Å². The molecule has 1 amide bonds. The standard InChI is InChI=1S/C12H12F3NO2/c1-16-11(17)7-4-8(12(13,14)15)6-10(5-7)18-9-2-3-9/h4-6,9H,2-3H2,1H3,(H,16,17). The highest BCUT2D eigenvalue weighted by atomic mass is 19.4. The number of halogens is 3. The van der Waals surface area contributed by atoms with Crippen LogP contribution >= 0.6 is 0 Å². The van der Waals surface area contributed by atoms with Crippen LogP contribution in [-0.4, -0.2) is 19.1 Å². The number of carbonyl (C=O) groups excluding carboxylic acids is 1. The molecule has 0 heterocycles. The Kier molecular flexibility index (Phi) is 3.19. The highest BCUT2D eigenvalue weighted by molar-refractivity contribution is 5.94. The molecule has 0 unspecified atom stereocenters. The van der Waals surface area contributed by atoms with Crippen LogP contribution in [0, 0.1) is 0 Å². The summed E-state index contributed by atoms with van der Waals surface area (Å²) in [5.74, 6) is -0.479. The van der Waals surface area contributed by atoms with Gasteiger partial charge in [-0.05, 0) is 31.0 Å². The summed E-state index contributed by atoms with van der Waals surface area (Å²) in [6.07, 6.45) is -2.84. The van der Waals surface area contributed by atoms with Gasteiger partial charge in [0.25, 0.3) is 5.91 Å². The van der Waals surface area contributed by atoms with Gasteiger partial charge in [0.1, 0.15) is 5.75 Å². The van der Waals surface area contributed by atoms with Crippen LogP contribution in [0.25, 0.3) is 0 Å². The van der Waals surface area contributed by atoms with Crippen molar-refractivity contribution in [3.63, 3.8) is 0 Å². The van der Waals surface area contributed by atoms with E-state index >= 15 is 0 Å². The second-order valence-electron chi connectivity index (χ2n) is 4.14. The molecule has 0 atom stereocenters. The van der Waals surface area contributed by atoms with Gasteiger partial charge in [-0.2, -0.15) is 13.2 Å². The van der Waals surface area contributed by atoms with E-state index in [0.717, 1.165) is 25.0 Å². The van der Waals surface area contributed by atoms with E-state index in [2.05, 4.69) is 5.32 Å². The molecule has 18 heavy (non-hydrogen) atoms. The molecule has 1 aromatic rings. The topological polar surface area (TPSA) is 38.3 Å². The summed E-state index contributed by atoms with van der Waals surface area (Å²) in [6, 6.07) is 3.07. The third-order valence-corrected chi connectivity index (χ3v) is 2.55. The van der Waals surface area contributed by atoms with Crippen molar-refractivity contribution in [1.82, 2.24) is 5.32 Å². The van der Waals surface area contributed by atoms with E-state index in [4.69, 9.17) is 4.74 Å². The first-order valence-electron chi connectivity index (χ1n) is 5.51. The summed E-state index contributed by atoms with van der Waals surface area (Å²) in [6.45, 7) is 0. The minimum absolute atomic E-state index is 0.0222. The van der Waals surface area contributed by atoms with Crippen molar-refractivity contribution >= 4 is 5.91 Å². The molecule has 1 saturated carbocycles. The molecular formula is C12H12F3NO2. The zero-order valence-corrected chi connectivity index (χ0v) is 9.67. The minimum Gasteiger partial charge on any atom is -0.490 e. The van der Waals surface area contributed by atoms with E-state index in [-0.39, 0.29) is 17.4 Å². The zero-order valence-electron chi connectivity index (χ0n) is 9.67. The first-order valence-corrected chi connectivity index (χ1v) is 5.51. The second-order valence-corrected chi connectivity index (χ2v) is 4.14. The summed E-state index contributed by atoms with van der Waals surface area (Å²) < 4.78 is 43.4. The van der Waals surface area contributed by atoms with Crippen molar-refractivity contribution in [2.45, 2.75) is 25.1 Å². The largest absolute Gasteiger partial charge is 0.490 e. The Balaban J connectivity index is 2.36. The molecule has 1 aromatic carbocycles.